The molecule has 0 fully saturated rings. The fraction of sp³-hybridized carbons (Fsp3) is 0.206. The van der Waals surface area contributed by atoms with E-state index in [4.69, 9.17) is 0 Å². The van der Waals surface area contributed by atoms with E-state index in [2.05, 4.69) is 263 Å². The molecule has 0 spiro atoms. The molecule has 1 atom stereocenters. The third-order valence-corrected chi connectivity index (χ3v) is 12.0. The summed E-state index contributed by atoms with van der Waals surface area (Å²) in [5.74, 6) is 0. The van der Waals surface area contributed by atoms with Gasteiger partial charge in [0.1, 0.15) is 0 Å². The summed E-state index contributed by atoms with van der Waals surface area (Å²) in [5, 5.41) is 0. The Balaban J connectivity index is 0.000000201. The van der Waals surface area contributed by atoms with E-state index in [-0.39, 0.29) is 12.8 Å². The van der Waals surface area contributed by atoms with E-state index < -0.39 is 0 Å². The van der Waals surface area contributed by atoms with Gasteiger partial charge in [0, 0.05) is 5.41 Å². The number of fused-ring (bicyclic) bond motifs is 3. The van der Waals surface area contributed by atoms with Crippen molar-refractivity contribution in [1.82, 2.24) is 0 Å². The topological polar surface area (TPSA) is 0 Å². The third-order valence-electron chi connectivity index (χ3n) is 12.0. The fourth-order valence-electron chi connectivity index (χ4n) is 8.31. The quantitative estimate of drug-likeness (QED) is 0.165. The molecule has 68 heavy (non-hydrogen) atoms. The van der Waals surface area contributed by atoms with E-state index in [1.54, 1.807) is 0 Å². The molecule has 1 aliphatic rings. The molecule has 0 heteroatoms. The molecule has 0 nitrogen and oxygen atoms in total. The standard InChI is InChI=1S/C21H18.C21H20.C13H12.C7H8.C3H8.C2H6.CH4/c1-15-12-13-18-17-10-6-7-11-19(17)21(2,20(18)14-15)16-8-4-3-5-9-16;1-15-8-11-18(12-9-15)19-13-10-17(3)21(14-19)20-7-5-4-6-16(20)2;1-11-7-9-13(10-8-11)12-5-3-2-4-6-12;1-7-5-3-2-4-6-7;1-3-2;1-2;/h3-14H,1-2H3;4-14H,1-3H3;2-10H,1H3;2-6H,1H3;3H2,1-2H3;1-2H3;1H4. The van der Waals surface area contributed by atoms with Crippen LogP contribution < -0.4 is 0 Å². The lowest BCUT2D eigenvalue weighted by molar-refractivity contribution is 0.713. The molecule has 0 radical (unpaired) electrons. The number of rotatable bonds is 4. The highest BCUT2D eigenvalue weighted by Crippen LogP contribution is 2.52. The molecular weight excluding hydrogens is 817 g/mol. The van der Waals surface area contributed by atoms with Gasteiger partial charge in [0.25, 0.3) is 0 Å². The van der Waals surface area contributed by atoms with Crippen LogP contribution in [0.4, 0.5) is 0 Å². The van der Waals surface area contributed by atoms with Crippen molar-refractivity contribution < 1.29 is 0 Å². The molecule has 9 aromatic rings. The van der Waals surface area contributed by atoms with Gasteiger partial charge in [-0.1, -0.05) is 282 Å². The Kier molecular flexibility index (Phi) is 21.2. The van der Waals surface area contributed by atoms with E-state index >= 15 is 0 Å². The lowest BCUT2D eigenvalue weighted by atomic mass is 9.74. The van der Waals surface area contributed by atoms with Crippen LogP contribution in [0.15, 0.2) is 224 Å². The minimum Gasteiger partial charge on any atom is -0.0776 e. The van der Waals surface area contributed by atoms with Crippen molar-refractivity contribution in [2.24, 2.45) is 0 Å². The van der Waals surface area contributed by atoms with Gasteiger partial charge in [-0.3, -0.25) is 0 Å². The molecule has 0 aliphatic heterocycles. The first-order valence-electron chi connectivity index (χ1n) is 24.2. The van der Waals surface area contributed by atoms with Gasteiger partial charge in [-0.15, -0.1) is 0 Å². The average molecular weight is 893 g/mol. The number of hydrogen-bond acceptors (Lipinski definition) is 0. The average Bonchev–Trinajstić information content (AvgIpc) is 3.62. The van der Waals surface area contributed by atoms with Gasteiger partial charge < -0.3 is 0 Å². The Labute approximate surface area is 412 Å². The molecule has 0 heterocycles. The SMILES string of the molecule is C.CC.CCC.Cc1ccc(-c2ccc(C)c(-c3ccccc3C)c2)cc1.Cc1ccc(-c2ccccc2)cc1.Cc1ccc2c(c1)C(C)(c1ccccc1)c1ccccc1-2.Cc1ccccc1. The van der Waals surface area contributed by atoms with E-state index in [1.165, 1.54) is 101 Å². The highest BCUT2D eigenvalue weighted by Gasteiger charge is 2.40. The van der Waals surface area contributed by atoms with Crippen LogP contribution in [0.3, 0.4) is 0 Å². The summed E-state index contributed by atoms with van der Waals surface area (Å²) in [7, 11) is 0. The van der Waals surface area contributed by atoms with Gasteiger partial charge in [-0.2, -0.15) is 0 Å². The van der Waals surface area contributed by atoms with Gasteiger partial charge in [-0.05, 0) is 127 Å². The molecule has 0 amide bonds. The van der Waals surface area contributed by atoms with E-state index in [1.807, 2.05) is 38.1 Å². The molecule has 0 saturated heterocycles. The van der Waals surface area contributed by atoms with Crippen LogP contribution in [0.25, 0.3) is 44.5 Å². The van der Waals surface area contributed by atoms with E-state index in [9.17, 15) is 0 Å². The number of hydrogen-bond donors (Lipinski definition) is 0. The van der Waals surface area contributed by atoms with Gasteiger partial charge in [0.15, 0.2) is 0 Å². The lowest BCUT2D eigenvalue weighted by Crippen LogP contribution is -2.22. The summed E-state index contributed by atoms with van der Waals surface area (Å²) < 4.78 is 0. The van der Waals surface area contributed by atoms with Crippen molar-refractivity contribution in [2.45, 2.75) is 95.4 Å². The molecule has 1 unspecified atom stereocenters. The Bertz CT molecular complexity index is 2830. The molecule has 1 aliphatic carbocycles. The number of benzene rings is 9. The lowest BCUT2D eigenvalue weighted by Gasteiger charge is -2.28. The molecule has 9 aromatic carbocycles. The molecule has 0 saturated carbocycles. The third kappa shape index (κ3) is 14.0. The maximum Gasteiger partial charge on any atom is 0.0435 e. The Morgan fingerprint density at radius 1 is 0.309 bits per heavy atom. The molecule has 348 valence electrons. The smallest absolute Gasteiger partial charge is 0.0435 e. The molecule has 0 N–H and O–H groups in total. The predicted molar refractivity (Wildman–Crippen MR) is 302 cm³/mol. The van der Waals surface area contributed by atoms with Crippen molar-refractivity contribution >= 4 is 0 Å². The Morgan fingerprint density at radius 2 is 0.691 bits per heavy atom. The summed E-state index contributed by atoms with van der Waals surface area (Å²) in [5.41, 5.74) is 22.5. The maximum atomic E-state index is 2.35. The second kappa shape index (κ2) is 27.0. The minimum atomic E-state index is -0.0563. The van der Waals surface area contributed by atoms with Crippen molar-refractivity contribution in [3.05, 3.63) is 275 Å². The predicted octanol–water partition coefficient (Wildman–Crippen LogP) is 20.0. The zero-order chi connectivity index (χ0) is 48.2. The van der Waals surface area contributed by atoms with E-state index in [0.717, 1.165) is 0 Å². The second-order valence-electron chi connectivity index (χ2n) is 17.4. The van der Waals surface area contributed by atoms with Crippen LogP contribution in [0.1, 0.15) is 98.5 Å². The maximum absolute atomic E-state index is 2.35. The van der Waals surface area contributed by atoms with Crippen molar-refractivity contribution in [2.75, 3.05) is 0 Å². The van der Waals surface area contributed by atoms with Crippen LogP contribution >= 0.6 is 0 Å². The zero-order valence-corrected chi connectivity index (χ0v) is 42.1. The highest BCUT2D eigenvalue weighted by atomic mass is 14.4. The Hall–Kier alpha value is -7.02. The van der Waals surface area contributed by atoms with Crippen LogP contribution in [0, 0.1) is 41.5 Å². The first-order valence-corrected chi connectivity index (χ1v) is 24.2. The van der Waals surface area contributed by atoms with Crippen molar-refractivity contribution in [3.8, 4) is 44.5 Å². The summed E-state index contributed by atoms with van der Waals surface area (Å²) in [6, 6.07) is 79.8. The largest absolute Gasteiger partial charge is 0.0776 e. The van der Waals surface area contributed by atoms with Crippen LogP contribution in [-0.2, 0) is 5.41 Å². The second-order valence-corrected chi connectivity index (χ2v) is 17.4. The molecule has 0 aromatic heterocycles. The van der Waals surface area contributed by atoms with Gasteiger partial charge in [0.2, 0.25) is 0 Å². The minimum absolute atomic E-state index is 0. The van der Waals surface area contributed by atoms with Gasteiger partial charge in [0.05, 0.1) is 0 Å². The first kappa shape index (κ1) is 53.6. The monoisotopic (exact) mass is 893 g/mol. The van der Waals surface area contributed by atoms with Crippen LogP contribution in [-0.4, -0.2) is 0 Å². The fourth-order valence-corrected chi connectivity index (χ4v) is 8.31. The van der Waals surface area contributed by atoms with E-state index in [0.29, 0.717) is 0 Å². The van der Waals surface area contributed by atoms with Gasteiger partial charge >= 0.3 is 0 Å². The normalized spacial score (nSPS) is 12.3. The molecular formula is C68H76. The van der Waals surface area contributed by atoms with Crippen LogP contribution in [0.5, 0.6) is 0 Å². The summed E-state index contributed by atoms with van der Waals surface area (Å²) in [4.78, 5) is 0. The highest BCUT2D eigenvalue weighted by molar-refractivity contribution is 5.83. The zero-order valence-electron chi connectivity index (χ0n) is 42.1. The molecule has 10 rings (SSSR count). The summed E-state index contributed by atoms with van der Waals surface area (Å²) in [6.45, 7) is 23.4. The summed E-state index contributed by atoms with van der Waals surface area (Å²) in [6.07, 6.45) is 1.25. The summed E-state index contributed by atoms with van der Waals surface area (Å²) >= 11 is 0. The van der Waals surface area contributed by atoms with Crippen molar-refractivity contribution in [3.63, 3.8) is 0 Å². The van der Waals surface area contributed by atoms with Gasteiger partial charge in [-0.25, -0.2) is 0 Å². The number of aryl methyl sites for hydroxylation is 6. The van der Waals surface area contributed by atoms with Crippen LogP contribution in [0.2, 0.25) is 0 Å². The Morgan fingerprint density at radius 3 is 1.22 bits per heavy atom. The first-order chi connectivity index (χ1) is 32.5. The van der Waals surface area contributed by atoms with Crippen molar-refractivity contribution in [1.29, 1.82) is 0 Å². The molecule has 0 bridgehead atoms.